The second-order valence-electron chi connectivity index (χ2n) is 22.3. The molecule has 4 fully saturated rings. The topological polar surface area (TPSA) is 277 Å². The largest absolute Gasteiger partial charge is 1.00 e. The quantitative estimate of drug-likeness (QED) is 0.192. The van der Waals surface area contributed by atoms with E-state index in [2.05, 4.69) is 77.2 Å². The van der Waals surface area contributed by atoms with Crippen LogP contribution in [0.3, 0.4) is 0 Å². The van der Waals surface area contributed by atoms with Gasteiger partial charge in [0.05, 0.1) is 56.7 Å². The summed E-state index contributed by atoms with van der Waals surface area (Å²) < 4.78 is 64.7. The Balaban J connectivity index is 0.000000536. The average Bonchev–Trinajstić information content (AvgIpc) is 2.93. The van der Waals surface area contributed by atoms with Crippen LogP contribution in [0, 0.1) is 0 Å². The van der Waals surface area contributed by atoms with Crippen LogP contribution < -0.4 is 143 Å². The molecule has 0 atom stereocenters. The van der Waals surface area contributed by atoms with Crippen molar-refractivity contribution in [1.82, 2.24) is 34.3 Å². The van der Waals surface area contributed by atoms with Crippen molar-refractivity contribution in [2.24, 2.45) is 4.99 Å². The van der Waals surface area contributed by atoms with Gasteiger partial charge < -0.3 is 59.8 Å². The van der Waals surface area contributed by atoms with E-state index in [-0.39, 0.29) is 183 Å². The molecule has 0 aliphatic carbocycles. The van der Waals surface area contributed by atoms with E-state index in [0.717, 1.165) is 148 Å². The number of aliphatic hydroxyl groups is 1. The fraction of sp³-hybridized carbons (Fsp3) is 0.759. The molecule has 0 spiro atoms. The average molecular weight is 1640 g/mol. The maximum absolute atomic E-state index is 12.3. The number of amides is 3. The first-order chi connectivity index (χ1) is 38.3. The van der Waals surface area contributed by atoms with Crippen LogP contribution >= 0.6 is 47.8 Å². The first-order valence-corrected chi connectivity index (χ1v) is 31.7. The molecule has 0 aromatic carbocycles. The van der Waals surface area contributed by atoms with Gasteiger partial charge in [0.25, 0.3) is 16.6 Å². The number of nitrogens with zero attached hydrogens (tertiary/aromatic N) is 8. The van der Waals surface area contributed by atoms with Crippen molar-refractivity contribution in [3.8, 4) is 0 Å². The Morgan fingerprint density at radius 1 is 0.667 bits per heavy atom. The molecule has 0 bridgehead atoms. The predicted molar refractivity (Wildman–Crippen MR) is 315 cm³/mol. The van der Waals surface area contributed by atoms with Gasteiger partial charge >= 0.3 is 150 Å². The summed E-state index contributed by atoms with van der Waals surface area (Å²) in [5, 5.41) is 26.6. The minimum Gasteiger partial charge on any atom is -1.00 e. The third kappa shape index (κ3) is 27.8. The van der Waals surface area contributed by atoms with Crippen molar-refractivity contribution in [3.63, 3.8) is 0 Å². The summed E-state index contributed by atoms with van der Waals surface area (Å²) >= 11 is 10.5. The molecule has 2 aromatic heterocycles. The van der Waals surface area contributed by atoms with Gasteiger partial charge in [-0.05, 0) is 153 Å². The molecule has 1 N–H and O–H groups in total. The summed E-state index contributed by atoms with van der Waals surface area (Å²) in [6, 6.07) is 0.842. The second kappa shape index (κ2) is 39.8. The van der Waals surface area contributed by atoms with E-state index in [1.807, 2.05) is 46.4 Å². The van der Waals surface area contributed by atoms with Gasteiger partial charge in [-0.15, -0.1) is 0 Å². The van der Waals surface area contributed by atoms with E-state index in [1.54, 1.807) is 16.7 Å². The molecule has 2 aromatic rings. The fourth-order valence-electron chi connectivity index (χ4n) is 9.66. The number of aliphatic imine (C=N–C) groups is 1. The molecule has 8 aliphatic rings. The van der Waals surface area contributed by atoms with Crippen molar-refractivity contribution in [2.75, 3.05) is 91.8 Å². The van der Waals surface area contributed by atoms with E-state index in [9.17, 15) is 22.8 Å². The summed E-state index contributed by atoms with van der Waals surface area (Å²) in [5.41, 5.74) is 6.40. The van der Waals surface area contributed by atoms with Crippen molar-refractivity contribution >= 4 is 87.1 Å². The number of hydrogen-bond acceptors (Lipinski definition) is 19. The van der Waals surface area contributed by atoms with E-state index in [0.29, 0.717) is 64.3 Å². The maximum Gasteiger partial charge on any atom is 1.00 e. The standard InChI is InChI=1S/C16H24BrN3O3.C13H18BrN3O2.C12H17BrN2O2.C6H12O4S.C5H10O2.CH2O3.CH4.2Cs.H/c1-16(2,3)23-15(21)19-7-4-13-12(10-19)14(17)18-20(13)11-5-8-22-9-6-11;1-9(18)16-5-2-12-11(8-16)13(14)15-17(12)10-3-6-19-7-4-10;1-12(2,3)17-11(16)15-5-4-8-6-14-10(13)9(8)7-15;1-11(7,8)10-6-2-4-9-5-3-6;6-5-1-3-7-4-2-5;2-1-4-3;;;;/h11H,4-10H2,1-3H3;10H,2-8H2,1H3;4-7H2,1-3H3;6H,2-5H2,1H3;5-6H,1-4H2;1,3H;1H4;;;/q;;;;;;;2*+1;-1/p-1. The summed E-state index contributed by atoms with van der Waals surface area (Å²) in [4.78, 5) is 56.7. The monoisotopic (exact) mass is 1640 g/mol. The normalized spacial score (nSPS) is 19.3. The summed E-state index contributed by atoms with van der Waals surface area (Å²) in [6.45, 7) is 23.4. The van der Waals surface area contributed by atoms with Gasteiger partial charge in [-0.2, -0.15) is 18.6 Å². The number of aliphatic hydroxyl groups excluding tert-OH is 1. The Bertz CT molecular complexity index is 2570. The van der Waals surface area contributed by atoms with Gasteiger partial charge in [0, 0.05) is 120 Å². The summed E-state index contributed by atoms with van der Waals surface area (Å²) in [5.74, 6) is 0.136. The number of fused-ring (bicyclic) bond motifs is 2. The zero-order chi connectivity index (χ0) is 59.5. The second-order valence-corrected chi connectivity index (χ2v) is 26.2. The molecule has 4 saturated heterocycles. The minimum absolute atomic E-state index is 0. The van der Waals surface area contributed by atoms with Crippen molar-refractivity contribution < 1.29 is 215 Å². The first-order valence-electron chi connectivity index (χ1n) is 27.5. The first kappa shape index (κ1) is 80.6. The molecular formula is C54H87Br3Cs2N8O16S. The molecule has 24 nitrogen and oxygen atoms in total. The maximum atomic E-state index is 12.3. The van der Waals surface area contributed by atoms with Gasteiger partial charge in [0.1, 0.15) is 25.0 Å². The van der Waals surface area contributed by atoms with Crippen LogP contribution in [0.5, 0.6) is 0 Å². The van der Waals surface area contributed by atoms with E-state index in [1.165, 1.54) is 22.5 Å². The van der Waals surface area contributed by atoms with Crippen LogP contribution in [0.25, 0.3) is 0 Å². The molecular weight excluding hydrogens is 1550 g/mol. The number of carbonyl (C=O) groups is 4. The SMILES string of the molecule is C.CC(=O)N1CCc2c(c(Br)nn2C2CCOCC2)C1.CC(C)(C)OC(=O)N1CCC2=C(C1)C(Br)=NC2.CC(C)(C)OC(=O)N1CCc2c(c(Br)nn2C2CCOCC2)C1.CS(=O)(=O)OC1CCOCC1.O=CO[O-].OC1CCOCC1.[Cs+].[Cs+].[H-]. The smallest absolute Gasteiger partial charge is 1.00 e. The van der Waals surface area contributed by atoms with E-state index < -0.39 is 21.3 Å². The Hall–Kier alpha value is 0.524. The van der Waals surface area contributed by atoms with Gasteiger partial charge in [-0.1, -0.05) is 7.43 Å². The molecule has 30 heteroatoms. The van der Waals surface area contributed by atoms with Crippen molar-refractivity contribution in [2.45, 2.75) is 175 Å². The van der Waals surface area contributed by atoms with E-state index >= 15 is 0 Å². The number of carbonyl (C=O) groups excluding carboxylic acids is 4. The fourth-order valence-corrected chi connectivity index (χ4v) is 11.9. The van der Waals surface area contributed by atoms with Gasteiger partial charge in [-0.3, -0.25) is 28.1 Å². The van der Waals surface area contributed by atoms with Crippen molar-refractivity contribution in [1.29, 1.82) is 0 Å². The molecule has 10 heterocycles. The van der Waals surface area contributed by atoms with Crippen molar-refractivity contribution in [3.05, 3.63) is 42.9 Å². The minimum atomic E-state index is -3.28. The number of aromatic nitrogens is 4. The predicted octanol–water partition coefficient (Wildman–Crippen LogP) is 1.41. The molecule has 0 radical (unpaired) electrons. The Kier molecular flexibility index (Phi) is 38.2. The van der Waals surface area contributed by atoms with Crippen LogP contribution in [-0.2, 0) is 83.1 Å². The molecule has 84 heavy (non-hydrogen) atoms. The number of ether oxygens (including phenoxy) is 6. The van der Waals surface area contributed by atoms with Crippen LogP contribution in [0.4, 0.5) is 9.59 Å². The third-order valence-corrected chi connectivity index (χ3v) is 16.3. The van der Waals surface area contributed by atoms with Gasteiger partial charge in [0.15, 0.2) is 0 Å². The number of hydrogen-bond donors (Lipinski definition) is 1. The molecule has 0 saturated carbocycles. The number of halogens is 3. The van der Waals surface area contributed by atoms with Gasteiger partial charge in [0.2, 0.25) is 5.91 Å². The Morgan fingerprint density at radius 2 is 1.05 bits per heavy atom. The summed E-state index contributed by atoms with van der Waals surface area (Å²) in [7, 11) is -3.28. The van der Waals surface area contributed by atoms with E-state index in [4.69, 9.17) is 47.8 Å². The Labute approximate surface area is 640 Å². The van der Waals surface area contributed by atoms with Crippen LogP contribution in [0.15, 0.2) is 25.3 Å². The zero-order valence-corrected chi connectivity index (χ0v) is 68.1. The molecule has 468 valence electrons. The van der Waals surface area contributed by atoms with Crippen LogP contribution in [0.2, 0.25) is 0 Å². The van der Waals surface area contributed by atoms with Gasteiger partial charge in [-0.25, -0.2) is 9.59 Å². The molecule has 3 amide bonds. The number of rotatable bonds is 5. The van der Waals surface area contributed by atoms with Crippen LogP contribution in [0.1, 0.15) is 150 Å². The third-order valence-electron chi connectivity index (χ3n) is 13.7. The zero-order valence-electron chi connectivity index (χ0n) is 51.0. The molecule has 8 aliphatic heterocycles. The van der Waals surface area contributed by atoms with Crippen LogP contribution in [-0.4, -0.2) is 192 Å². The molecule has 0 unspecified atom stereocenters. The molecule has 10 rings (SSSR count). The summed E-state index contributed by atoms with van der Waals surface area (Å²) in [6.07, 6.45) is 9.95. The Morgan fingerprint density at radius 3 is 1.43 bits per heavy atom.